The van der Waals surface area contributed by atoms with E-state index in [-0.39, 0.29) is 16.0 Å². The molecule has 4 atom stereocenters. The number of methoxy groups -OCH3 is 1. The number of ether oxygens (including phenoxy) is 1. The molecule has 128 valence electrons. The van der Waals surface area contributed by atoms with Gasteiger partial charge in [0.25, 0.3) is 0 Å². The summed E-state index contributed by atoms with van der Waals surface area (Å²) in [7, 11) is 1.48. The molecule has 4 rings (SSSR count). The quantitative estimate of drug-likeness (QED) is 0.607. The largest absolute Gasteiger partial charge is 0.490 e. The Bertz CT molecular complexity index is 728. The van der Waals surface area contributed by atoms with Gasteiger partial charge in [0.1, 0.15) is 5.78 Å². The third kappa shape index (κ3) is 1.96. The molecule has 0 saturated heterocycles. The summed E-state index contributed by atoms with van der Waals surface area (Å²) in [6.45, 7) is 2.15. The highest BCUT2D eigenvalue weighted by Gasteiger charge is 2.55. The molecule has 1 aromatic carbocycles. The van der Waals surface area contributed by atoms with Crippen molar-refractivity contribution in [3.05, 3.63) is 33.4 Å². The summed E-state index contributed by atoms with van der Waals surface area (Å²) < 4.78 is 5.22. The van der Waals surface area contributed by atoms with Crippen LogP contribution in [0.3, 0.4) is 0 Å². The molecular formula is C19H23NO4. The van der Waals surface area contributed by atoms with Crippen molar-refractivity contribution in [2.45, 2.75) is 51.4 Å². The molecule has 0 heterocycles. The average molecular weight is 329 g/mol. The Morgan fingerprint density at radius 2 is 2.04 bits per heavy atom. The van der Waals surface area contributed by atoms with Crippen LogP contribution >= 0.6 is 0 Å². The second-order valence-electron chi connectivity index (χ2n) is 7.77. The highest BCUT2D eigenvalue weighted by atomic mass is 16.6. The lowest BCUT2D eigenvalue weighted by atomic mass is 9.55. The van der Waals surface area contributed by atoms with Crippen molar-refractivity contribution in [2.75, 3.05) is 7.11 Å². The van der Waals surface area contributed by atoms with Crippen LogP contribution in [0.5, 0.6) is 5.75 Å². The second kappa shape index (κ2) is 5.30. The minimum Gasteiger partial charge on any atom is -0.490 e. The number of rotatable bonds is 2. The maximum absolute atomic E-state index is 12.4. The highest BCUT2D eigenvalue weighted by molar-refractivity contribution is 5.87. The van der Waals surface area contributed by atoms with E-state index in [1.807, 2.05) is 6.07 Å². The molecule has 24 heavy (non-hydrogen) atoms. The van der Waals surface area contributed by atoms with Gasteiger partial charge in [-0.3, -0.25) is 14.9 Å². The first-order valence-corrected chi connectivity index (χ1v) is 8.85. The lowest BCUT2D eigenvalue weighted by Gasteiger charge is -2.48. The fraction of sp³-hybridized carbons (Fsp3) is 0.632. The van der Waals surface area contributed by atoms with Gasteiger partial charge in [0, 0.05) is 17.4 Å². The van der Waals surface area contributed by atoms with Crippen molar-refractivity contribution in [2.24, 2.45) is 17.3 Å². The molecule has 0 unspecified atom stereocenters. The topological polar surface area (TPSA) is 69.4 Å². The van der Waals surface area contributed by atoms with Crippen molar-refractivity contribution in [1.82, 2.24) is 0 Å². The van der Waals surface area contributed by atoms with Crippen molar-refractivity contribution in [3.63, 3.8) is 0 Å². The van der Waals surface area contributed by atoms with Gasteiger partial charge in [-0.05, 0) is 61.5 Å². The summed E-state index contributed by atoms with van der Waals surface area (Å²) in [5.74, 6) is 2.06. The van der Waals surface area contributed by atoms with Gasteiger partial charge in [0.15, 0.2) is 5.75 Å². The second-order valence-corrected chi connectivity index (χ2v) is 7.77. The first-order chi connectivity index (χ1) is 11.5. The molecule has 0 aliphatic heterocycles. The number of hydrogen-bond donors (Lipinski definition) is 0. The van der Waals surface area contributed by atoms with Crippen molar-refractivity contribution in [1.29, 1.82) is 0 Å². The van der Waals surface area contributed by atoms with E-state index >= 15 is 0 Å². The maximum atomic E-state index is 12.4. The predicted molar refractivity (Wildman–Crippen MR) is 89.3 cm³/mol. The predicted octanol–water partition coefficient (Wildman–Crippen LogP) is 4.03. The van der Waals surface area contributed by atoms with Crippen LogP contribution < -0.4 is 4.74 Å². The number of hydrogen-bond acceptors (Lipinski definition) is 4. The number of ketones is 1. The van der Waals surface area contributed by atoms with Gasteiger partial charge >= 0.3 is 5.69 Å². The molecule has 3 aliphatic carbocycles. The zero-order valence-electron chi connectivity index (χ0n) is 14.2. The molecule has 0 radical (unpaired) electrons. The number of nitro benzene ring substituents is 1. The van der Waals surface area contributed by atoms with E-state index in [4.69, 9.17) is 4.74 Å². The van der Waals surface area contributed by atoms with Crippen LogP contribution in [0.1, 0.15) is 56.1 Å². The number of nitro groups is 1. The third-order valence-electron chi connectivity index (χ3n) is 6.96. The summed E-state index contributed by atoms with van der Waals surface area (Å²) in [4.78, 5) is 23.6. The molecule has 0 spiro atoms. The van der Waals surface area contributed by atoms with Crippen LogP contribution in [0.15, 0.2) is 12.1 Å². The summed E-state index contributed by atoms with van der Waals surface area (Å²) >= 11 is 0. The van der Waals surface area contributed by atoms with Gasteiger partial charge in [-0.25, -0.2) is 0 Å². The maximum Gasteiger partial charge on any atom is 0.314 e. The SMILES string of the molecule is COc1ccc2c(c1[N+](=O)[O-])CC[C@H]1[C@H]2CC[C@]2(C)C(=O)CC[C@@H]12. The van der Waals surface area contributed by atoms with E-state index in [9.17, 15) is 14.9 Å². The summed E-state index contributed by atoms with van der Waals surface area (Å²) in [6.07, 6.45) is 5.23. The fourth-order valence-corrected chi connectivity index (χ4v) is 5.76. The Balaban J connectivity index is 1.77. The normalized spacial score (nSPS) is 34.2. The number of carbonyl (C=O) groups excluding carboxylic acids is 1. The minimum absolute atomic E-state index is 0.143. The lowest BCUT2D eigenvalue weighted by Crippen LogP contribution is -2.42. The lowest BCUT2D eigenvalue weighted by molar-refractivity contribution is -0.386. The number of fused-ring (bicyclic) bond motifs is 5. The first-order valence-electron chi connectivity index (χ1n) is 8.85. The summed E-state index contributed by atoms with van der Waals surface area (Å²) in [5.41, 5.74) is 1.97. The van der Waals surface area contributed by atoms with Crippen molar-refractivity contribution in [3.8, 4) is 5.75 Å². The number of carbonyl (C=O) groups is 1. The van der Waals surface area contributed by atoms with E-state index in [2.05, 4.69) is 6.92 Å². The van der Waals surface area contributed by atoms with Crippen LogP contribution in [-0.4, -0.2) is 17.8 Å². The Kier molecular flexibility index (Phi) is 3.44. The van der Waals surface area contributed by atoms with Gasteiger partial charge in [-0.15, -0.1) is 0 Å². The Morgan fingerprint density at radius 1 is 1.25 bits per heavy atom. The van der Waals surface area contributed by atoms with Crippen LogP contribution in [-0.2, 0) is 11.2 Å². The van der Waals surface area contributed by atoms with Crippen LogP contribution in [0, 0.1) is 27.4 Å². The fourth-order valence-electron chi connectivity index (χ4n) is 5.76. The van der Waals surface area contributed by atoms with Crippen LogP contribution in [0.4, 0.5) is 5.69 Å². The van der Waals surface area contributed by atoms with Gasteiger partial charge in [-0.1, -0.05) is 13.0 Å². The van der Waals surface area contributed by atoms with Gasteiger partial charge < -0.3 is 4.74 Å². The molecule has 0 amide bonds. The van der Waals surface area contributed by atoms with Crippen LogP contribution in [0.2, 0.25) is 0 Å². The zero-order valence-corrected chi connectivity index (χ0v) is 14.2. The van der Waals surface area contributed by atoms with Crippen molar-refractivity contribution >= 4 is 11.5 Å². The number of Topliss-reactive ketones (excluding diaryl/α,β-unsaturated/α-hetero) is 1. The Hall–Kier alpha value is -1.91. The molecule has 0 N–H and O–H groups in total. The standard InChI is InChI=1S/C19H23NO4/c1-19-10-9-12-11-5-7-16(24-2)18(20(22)23)14(11)4-3-13(12)15(19)6-8-17(19)21/h5,7,12-13,15H,3-4,6,8-10H2,1-2H3/t12-,13-,15-,19-/m0/s1. The molecule has 2 saturated carbocycles. The van der Waals surface area contributed by atoms with E-state index < -0.39 is 0 Å². The van der Waals surface area contributed by atoms with E-state index in [0.717, 1.165) is 36.8 Å². The van der Waals surface area contributed by atoms with Gasteiger partial charge in [0.05, 0.1) is 12.0 Å². The molecule has 1 aromatic rings. The van der Waals surface area contributed by atoms with Crippen molar-refractivity contribution < 1.29 is 14.5 Å². The van der Waals surface area contributed by atoms with E-state index in [1.54, 1.807) is 6.07 Å². The molecule has 3 aliphatic rings. The minimum atomic E-state index is -0.302. The molecular weight excluding hydrogens is 306 g/mol. The van der Waals surface area contributed by atoms with Gasteiger partial charge in [-0.2, -0.15) is 0 Å². The highest BCUT2D eigenvalue weighted by Crippen LogP contribution is 2.60. The van der Waals surface area contributed by atoms with Gasteiger partial charge in [0.2, 0.25) is 0 Å². The Morgan fingerprint density at radius 3 is 2.75 bits per heavy atom. The summed E-state index contributed by atoms with van der Waals surface area (Å²) in [5, 5.41) is 11.6. The van der Waals surface area contributed by atoms with Crippen LogP contribution in [0.25, 0.3) is 0 Å². The molecule has 2 fully saturated rings. The average Bonchev–Trinajstić information content (AvgIpc) is 2.88. The molecule has 0 aromatic heterocycles. The monoisotopic (exact) mass is 329 g/mol. The molecule has 5 heteroatoms. The Labute approximate surface area is 141 Å². The van der Waals surface area contributed by atoms with E-state index in [1.165, 1.54) is 7.11 Å². The third-order valence-corrected chi connectivity index (χ3v) is 6.96. The smallest absolute Gasteiger partial charge is 0.314 e. The van der Waals surface area contributed by atoms with E-state index in [0.29, 0.717) is 42.1 Å². The summed E-state index contributed by atoms with van der Waals surface area (Å²) in [6, 6.07) is 3.77. The number of benzene rings is 1. The zero-order chi connectivity index (χ0) is 17.1. The molecule has 0 bridgehead atoms. The molecule has 5 nitrogen and oxygen atoms in total. The first kappa shape index (κ1) is 15.6. The number of nitrogens with zero attached hydrogens (tertiary/aromatic N) is 1.